The van der Waals surface area contributed by atoms with E-state index in [2.05, 4.69) is 20.9 Å². The van der Waals surface area contributed by atoms with Crippen molar-refractivity contribution in [3.05, 3.63) is 45.5 Å². The number of piperazine rings is 1. The van der Waals surface area contributed by atoms with Crippen LogP contribution in [0, 0.1) is 12.3 Å². The molecule has 148 valence electrons. The van der Waals surface area contributed by atoms with Crippen LogP contribution in [0.1, 0.15) is 12.0 Å². The van der Waals surface area contributed by atoms with Gasteiger partial charge in [-0.2, -0.15) is 23.0 Å². The number of hydrogen-bond donors (Lipinski definition) is 0. The Labute approximate surface area is 164 Å². The molecule has 2 aromatic heterocycles. The summed E-state index contributed by atoms with van der Waals surface area (Å²) in [7, 11) is 0. The number of terminal acetylenes is 1. The van der Waals surface area contributed by atoms with Crippen LogP contribution in [0.4, 0.5) is 18.9 Å². The Kier molecular flexibility index (Phi) is 5.91. The van der Waals surface area contributed by atoms with Crippen molar-refractivity contribution in [1.29, 1.82) is 0 Å². The predicted molar refractivity (Wildman–Crippen MR) is 99.7 cm³/mol. The number of anilines is 1. The van der Waals surface area contributed by atoms with E-state index in [1.54, 1.807) is 0 Å². The molecule has 0 radical (unpaired) electrons. The molecule has 3 heterocycles. The molecule has 0 N–H and O–H groups in total. The molecule has 0 spiro atoms. The molecule has 0 saturated carbocycles. The van der Waals surface area contributed by atoms with Crippen molar-refractivity contribution >= 4 is 17.3 Å². The van der Waals surface area contributed by atoms with Gasteiger partial charge in [0.1, 0.15) is 5.02 Å². The van der Waals surface area contributed by atoms with Crippen molar-refractivity contribution in [3.63, 3.8) is 0 Å². The summed E-state index contributed by atoms with van der Waals surface area (Å²) >= 11 is 6.24. The minimum atomic E-state index is -4.51. The Morgan fingerprint density at radius 3 is 2.46 bits per heavy atom. The molecule has 6 nitrogen and oxygen atoms in total. The molecule has 0 bridgehead atoms. The number of halogens is 4. The number of pyridine rings is 1. The van der Waals surface area contributed by atoms with Crippen molar-refractivity contribution in [2.75, 3.05) is 37.6 Å². The lowest BCUT2D eigenvalue weighted by molar-refractivity contribution is -0.137. The van der Waals surface area contributed by atoms with E-state index in [9.17, 15) is 18.0 Å². The Hall–Kier alpha value is -2.57. The third kappa shape index (κ3) is 4.29. The van der Waals surface area contributed by atoms with Crippen LogP contribution >= 0.6 is 11.6 Å². The number of alkyl halides is 3. The molecule has 1 saturated heterocycles. The lowest BCUT2D eigenvalue weighted by Crippen LogP contribution is -2.47. The maximum absolute atomic E-state index is 12.7. The third-order valence-electron chi connectivity index (χ3n) is 4.48. The maximum atomic E-state index is 12.7. The summed E-state index contributed by atoms with van der Waals surface area (Å²) in [6.07, 6.45) is 3.54. The van der Waals surface area contributed by atoms with Gasteiger partial charge in [-0.15, -0.1) is 12.3 Å². The van der Waals surface area contributed by atoms with Gasteiger partial charge < -0.3 is 4.90 Å². The van der Waals surface area contributed by atoms with Crippen LogP contribution in [0.2, 0.25) is 5.02 Å². The summed E-state index contributed by atoms with van der Waals surface area (Å²) in [6.45, 7) is 3.70. The molecule has 0 amide bonds. The molecule has 0 aliphatic carbocycles. The zero-order valence-electron chi connectivity index (χ0n) is 14.8. The van der Waals surface area contributed by atoms with Crippen molar-refractivity contribution < 1.29 is 13.2 Å². The largest absolute Gasteiger partial charge is 0.417 e. The number of rotatable bonds is 4. The first-order valence-electron chi connectivity index (χ1n) is 8.53. The highest BCUT2D eigenvalue weighted by molar-refractivity contribution is 6.33. The van der Waals surface area contributed by atoms with Crippen molar-refractivity contribution in [3.8, 4) is 18.2 Å². The molecule has 0 aromatic carbocycles. The normalized spacial score (nSPS) is 15.5. The van der Waals surface area contributed by atoms with Crippen molar-refractivity contribution in [1.82, 2.24) is 19.7 Å². The van der Waals surface area contributed by atoms with Gasteiger partial charge in [0.05, 0.1) is 17.4 Å². The van der Waals surface area contributed by atoms with Crippen LogP contribution in [0.25, 0.3) is 5.82 Å². The van der Waals surface area contributed by atoms with Crippen molar-refractivity contribution in [2.45, 2.75) is 12.6 Å². The van der Waals surface area contributed by atoms with Gasteiger partial charge in [-0.1, -0.05) is 11.6 Å². The standard InChI is InChI=1S/C18H17ClF3N5O/c1-2-3-6-25-7-9-26(10-8-25)14-12-24-27(17(28)16(14)19)15-5-4-13(11-23-15)18(20,21)22/h1,4-5,11-12H,3,6-10H2. The topological polar surface area (TPSA) is 54.3 Å². The average Bonchev–Trinajstić information content (AvgIpc) is 2.68. The summed E-state index contributed by atoms with van der Waals surface area (Å²) in [5, 5.41) is 3.99. The Bertz CT molecular complexity index is 928. The quantitative estimate of drug-likeness (QED) is 0.723. The highest BCUT2D eigenvalue weighted by Crippen LogP contribution is 2.29. The molecule has 2 aromatic rings. The lowest BCUT2D eigenvalue weighted by atomic mass is 10.2. The summed E-state index contributed by atoms with van der Waals surface area (Å²) in [5.74, 6) is 2.57. The molecule has 1 aliphatic heterocycles. The zero-order chi connectivity index (χ0) is 20.3. The molecule has 1 aliphatic rings. The minimum Gasteiger partial charge on any atom is -0.366 e. The predicted octanol–water partition coefficient (Wildman–Crippen LogP) is 2.45. The fraction of sp³-hybridized carbons (Fsp3) is 0.389. The first kappa shape index (κ1) is 20.2. The Morgan fingerprint density at radius 1 is 1.18 bits per heavy atom. The van der Waals surface area contributed by atoms with E-state index in [0.717, 1.165) is 36.4 Å². The van der Waals surface area contributed by atoms with E-state index >= 15 is 0 Å². The molecule has 0 unspecified atom stereocenters. The van der Waals surface area contributed by atoms with Crippen LogP contribution in [-0.2, 0) is 6.18 Å². The molecule has 28 heavy (non-hydrogen) atoms. The average molecular weight is 412 g/mol. The number of hydrogen-bond acceptors (Lipinski definition) is 5. The summed E-state index contributed by atoms with van der Waals surface area (Å²) < 4.78 is 38.9. The smallest absolute Gasteiger partial charge is 0.366 e. The van der Waals surface area contributed by atoms with Gasteiger partial charge >= 0.3 is 6.18 Å². The van der Waals surface area contributed by atoms with Crippen LogP contribution < -0.4 is 10.5 Å². The van der Waals surface area contributed by atoms with Crippen molar-refractivity contribution in [2.24, 2.45) is 0 Å². The molecule has 0 atom stereocenters. The van der Waals surface area contributed by atoms with E-state index in [-0.39, 0.29) is 10.8 Å². The Morgan fingerprint density at radius 2 is 1.89 bits per heavy atom. The monoisotopic (exact) mass is 411 g/mol. The SMILES string of the molecule is C#CCCN1CCN(c2cnn(-c3ccc(C(F)(F)F)cn3)c(=O)c2Cl)CC1. The van der Waals surface area contributed by atoms with Gasteiger partial charge in [-0.3, -0.25) is 9.69 Å². The second-order valence-electron chi connectivity index (χ2n) is 6.25. The van der Waals surface area contributed by atoms with Crippen LogP contribution in [-0.4, -0.2) is 52.4 Å². The summed E-state index contributed by atoms with van der Waals surface area (Å²) in [6, 6.07) is 1.92. The van der Waals surface area contributed by atoms with E-state index < -0.39 is 17.3 Å². The number of nitrogens with zero attached hydrogens (tertiary/aromatic N) is 5. The van der Waals surface area contributed by atoms with Gasteiger partial charge in [0.25, 0.3) is 5.56 Å². The fourth-order valence-corrected chi connectivity index (χ4v) is 3.17. The second-order valence-corrected chi connectivity index (χ2v) is 6.62. The van der Waals surface area contributed by atoms with Gasteiger partial charge in [0, 0.05) is 45.3 Å². The summed E-state index contributed by atoms with van der Waals surface area (Å²) in [4.78, 5) is 20.4. The molecule has 3 rings (SSSR count). The lowest BCUT2D eigenvalue weighted by Gasteiger charge is -2.35. The fourth-order valence-electron chi connectivity index (χ4n) is 2.92. The molecular weight excluding hydrogens is 395 g/mol. The first-order chi connectivity index (χ1) is 13.3. The third-order valence-corrected chi connectivity index (χ3v) is 4.83. The maximum Gasteiger partial charge on any atom is 0.417 e. The van der Waals surface area contributed by atoms with E-state index in [1.807, 2.05) is 4.90 Å². The van der Waals surface area contributed by atoms with E-state index in [0.29, 0.717) is 31.4 Å². The summed E-state index contributed by atoms with van der Waals surface area (Å²) in [5.41, 5.74) is -1.05. The van der Waals surface area contributed by atoms with Crippen LogP contribution in [0.3, 0.4) is 0 Å². The van der Waals surface area contributed by atoms with Gasteiger partial charge in [-0.05, 0) is 12.1 Å². The minimum absolute atomic E-state index is 0.0365. The zero-order valence-corrected chi connectivity index (χ0v) is 15.5. The Balaban J connectivity index is 1.79. The van der Waals surface area contributed by atoms with Crippen LogP contribution in [0.15, 0.2) is 29.3 Å². The van der Waals surface area contributed by atoms with Gasteiger partial charge in [0.2, 0.25) is 0 Å². The van der Waals surface area contributed by atoms with Gasteiger partial charge in [-0.25, -0.2) is 4.98 Å². The molecule has 1 fully saturated rings. The first-order valence-corrected chi connectivity index (χ1v) is 8.91. The van der Waals surface area contributed by atoms with E-state index in [4.69, 9.17) is 18.0 Å². The number of aromatic nitrogens is 3. The van der Waals surface area contributed by atoms with E-state index in [1.165, 1.54) is 6.20 Å². The van der Waals surface area contributed by atoms with Gasteiger partial charge in [0.15, 0.2) is 5.82 Å². The second kappa shape index (κ2) is 8.20. The molecular formula is C18H17ClF3N5O. The highest BCUT2D eigenvalue weighted by atomic mass is 35.5. The highest BCUT2D eigenvalue weighted by Gasteiger charge is 2.31. The van der Waals surface area contributed by atoms with Crippen LogP contribution in [0.5, 0.6) is 0 Å². The molecule has 10 heteroatoms.